The Hall–Kier alpha value is -1.28. The van der Waals surface area contributed by atoms with Crippen molar-refractivity contribution >= 4 is 13.7 Å². The molecule has 0 aromatic heterocycles. The molecule has 8 nitrogen and oxygen atoms in total. The molecule has 0 heterocycles. The average Bonchev–Trinajstić information content (AvgIpc) is 3.43. The van der Waals surface area contributed by atoms with E-state index in [1.54, 1.807) is 6.08 Å². The lowest BCUT2D eigenvalue weighted by Gasteiger charge is -2.25. The highest BCUT2D eigenvalue weighted by Gasteiger charge is 2.28. The number of nitrogens with one attached hydrogen (secondary N) is 1. The maximum Gasteiger partial charge on any atom is 0.472 e. The van der Waals surface area contributed by atoms with Crippen LogP contribution in [0.5, 0.6) is 0 Å². The molecule has 81 heavy (non-hydrogen) atoms. The van der Waals surface area contributed by atoms with Crippen molar-refractivity contribution in [3.8, 4) is 0 Å². The Morgan fingerprint density at radius 1 is 0.407 bits per heavy atom. The van der Waals surface area contributed by atoms with Crippen molar-refractivity contribution in [2.75, 3.05) is 40.9 Å². The second-order valence-corrected chi connectivity index (χ2v) is 27.4. The van der Waals surface area contributed by atoms with E-state index in [2.05, 4.69) is 43.5 Å². The van der Waals surface area contributed by atoms with Crippen LogP contribution in [0.25, 0.3) is 0 Å². The maximum atomic E-state index is 13.0. The second kappa shape index (κ2) is 63.2. The van der Waals surface area contributed by atoms with Crippen LogP contribution in [0.2, 0.25) is 0 Å². The van der Waals surface area contributed by atoms with Crippen LogP contribution in [0.1, 0.15) is 367 Å². The molecular formula is C72H142N2O6P+. The summed E-state index contributed by atoms with van der Waals surface area (Å²) in [7, 11) is 1.57. The molecule has 9 heteroatoms. The van der Waals surface area contributed by atoms with Gasteiger partial charge in [0.05, 0.1) is 39.9 Å². The van der Waals surface area contributed by atoms with Gasteiger partial charge in [0.15, 0.2) is 0 Å². The number of nitrogens with zero attached hydrogens (tertiary/aromatic N) is 1. The van der Waals surface area contributed by atoms with Crippen molar-refractivity contribution < 1.29 is 32.9 Å². The number of hydrogen-bond donors (Lipinski definition) is 3. The van der Waals surface area contributed by atoms with Gasteiger partial charge in [0.25, 0.3) is 0 Å². The van der Waals surface area contributed by atoms with Gasteiger partial charge in [-0.15, -0.1) is 0 Å². The van der Waals surface area contributed by atoms with Crippen LogP contribution in [0.4, 0.5) is 0 Å². The van der Waals surface area contributed by atoms with Gasteiger partial charge in [0.2, 0.25) is 5.91 Å². The SMILES string of the molecule is CCCCCCCCCCCCCCCC/C=C/CC/C=C/C(O)C(COP(=O)(O)OCC[N+](C)(C)C)NC(=O)CCCCCCCCCCCCCCCCCCC/C=C\CCCCCCCCCCCCCCCCCCCC. The van der Waals surface area contributed by atoms with Crippen LogP contribution < -0.4 is 5.32 Å². The Morgan fingerprint density at radius 2 is 0.679 bits per heavy atom. The highest BCUT2D eigenvalue weighted by molar-refractivity contribution is 7.47. The minimum Gasteiger partial charge on any atom is -0.387 e. The Labute approximate surface area is 506 Å². The lowest BCUT2D eigenvalue weighted by molar-refractivity contribution is -0.870. The number of phosphoric ester groups is 1. The van der Waals surface area contributed by atoms with Crippen molar-refractivity contribution in [2.24, 2.45) is 0 Å². The van der Waals surface area contributed by atoms with Gasteiger partial charge in [0.1, 0.15) is 13.2 Å². The molecule has 0 radical (unpaired) electrons. The first kappa shape index (κ1) is 79.7. The number of allylic oxidation sites excluding steroid dienone is 5. The van der Waals surface area contributed by atoms with Crippen LogP contribution >= 0.6 is 7.82 Å². The van der Waals surface area contributed by atoms with Crippen molar-refractivity contribution in [2.45, 2.75) is 379 Å². The van der Waals surface area contributed by atoms with Gasteiger partial charge < -0.3 is 19.8 Å². The standard InChI is InChI=1S/C72H141N2O6P/c1-6-8-10-12-14-16-18-20-22-24-26-28-29-30-31-32-33-34-35-36-37-38-39-40-41-42-43-44-45-46-48-50-52-54-56-58-60-62-64-66-72(76)73-70(69-80-81(77,78)79-68-67-74(3,4)5)71(75)65-63-61-59-57-55-53-51-49-47-27-25-23-21-19-17-15-13-11-9-7-2/h36-37,55,57,63,65,70-71,75H,6-35,38-54,56,58-62,64,66-69H2,1-5H3,(H-,73,76,77,78)/p+1/b37-36-,57-55+,65-63+. The van der Waals surface area contributed by atoms with E-state index in [1.165, 1.54) is 308 Å². The summed E-state index contributed by atoms with van der Waals surface area (Å²) in [4.78, 5) is 23.4. The highest BCUT2D eigenvalue weighted by atomic mass is 31.2. The Balaban J connectivity index is 3.95. The van der Waals surface area contributed by atoms with Gasteiger partial charge in [-0.1, -0.05) is 339 Å². The number of carbonyl (C=O) groups is 1. The van der Waals surface area contributed by atoms with Crippen LogP contribution in [0.3, 0.4) is 0 Å². The first-order chi connectivity index (χ1) is 39.5. The predicted molar refractivity (Wildman–Crippen MR) is 355 cm³/mol. The Morgan fingerprint density at radius 3 is 0.988 bits per heavy atom. The first-order valence-corrected chi connectivity index (χ1v) is 37.4. The number of unbranched alkanes of at least 4 members (excludes halogenated alkanes) is 50. The molecule has 0 fully saturated rings. The minimum atomic E-state index is -4.36. The molecule has 0 aromatic carbocycles. The summed E-state index contributed by atoms with van der Waals surface area (Å²) in [5, 5.41) is 14.0. The molecular weight excluding hydrogens is 1020 g/mol. The number of rotatable bonds is 67. The fourth-order valence-electron chi connectivity index (χ4n) is 11.0. The zero-order valence-corrected chi connectivity index (χ0v) is 55.9. The number of phosphoric acid groups is 1. The normalized spacial score (nSPS) is 13.8. The Bertz CT molecular complexity index is 1410. The molecule has 0 aliphatic rings. The fourth-order valence-corrected chi connectivity index (χ4v) is 11.7. The van der Waals surface area contributed by atoms with E-state index in [0.29, 0.717) is 17.4 Å². The van der Waals surface area contributed by atoms with Crippen molar-refractivity contribution in [3.05, 3.63) is 36.5 Å². The third-order valence-corrected chi connectivity index (χ3v) is 17.6. The molecule has 0 aromatic rings. The van der Waals surface area contributed by atoms with Crippen molar-refractivity contribution in [1.29, 1.82) is 0 Å². The van der Waals surface area contributed by atoms with E-state index < -0.39 is 20.0 Å². The molecule has 1 amide bonds. The molecule has 0 saturated carbocycles. The summed E-state index contributed by atoms with van der Waals surface area (Å²) in [5.41, 5.74) is 0. The van der Waals surface area contributed by atoms with E-state index in [4.69, 9.17) is 9.05 Å². The van der Waals surface area contributed by atoms with E-state index in [9.17, 15) is 19.4 Å². The van der Waals surface area contributed by atoms with Crippen LogP contribution in [0, 0.1) is 0 Å². The number of aliphatic hydroxyl groups excluding tert-OH is 1. The summed E-state index contributed by atoms with van der Waals surface area (Å²) in [6.07, 6.45) is 84.6. The minimum absolute atomic E-state index is 0.0578. The van der Waals surface area contributed by atoms with Gasteiger partial charge in [-0.2, -0.15) is 0 Å². The van der Waals surface area contributed by atoms with E-state index in [-0.39, 0.29) is 19.1 Å². The zero-order valence-electron chi connectivity index (χ0n) is 55.1. The number of aliphatic hydroxyl groups is 1. The summed E-state index contributed by atoms with van der Waals surface area (Å²) >= 11 is 0. The smallest absolute Gasteiger partial charge is 0.387 e. The molecule has 3 unspecified atom stereocenters. The maximum absolute atomic E-state index is 13.0. The number of likely N-dealkylation sites (N-methyl/N-ethyl adjacent to an activating group) is 1. The number of amides is 1. The van der Waals surface area contributed by atoms with Crippen molar-refractivity contribution in [3.63, 3.8) is 0 Å². The predicted octanol–water partition coefficient (Wildman–Crippen LogP) is 22.8. The Kier molecular flexibility index (Phi) is 62.2. The molecule has 3 atom stereocenters. The molecule has 480 valence electrons. The third kappa shape index (κ3) is 66.1. The number of carbonyl (C=O) groups excluding carboxylic acids is 1. The monoisotopic (exact) mass is 1160 g/mol. The van der Waals surface area contributed by atoms with Crippen LogP contribution in [-0.4, -0.2) is 73.4 Å². The largest absolute Gasteiger partial charge is 0.472 e. The third-order valence-electron chi connectivity index (χ3n) is 16.6. The molecule has 0 saturated heterocycles. The number of hydrogen-bond acceptors (Lipinski definition) is 5. The zero-order chi connectivity index (χ0) is 59.1. The van der Waals surface area contributed by atoms with Crippen LogP contribution in [0.15, 0.2) is 36.5 Å². The topological polar surface area (TPSA) is 105 Å². The molecule has 0 aliphatic carbocycles. The summed E-state index contributed by atoms with van der Waals surface area (Å²) < 4.78 is 23.8. The van der Waals surface area contributed by atoms with Gasteiger partial charge in [0, 0.05) is 6.42 Å². The van der Waals surface area contributed by atoms with Crippen molar-refractivity contribution in [1.82, 2.24) is 5.32 Å². The molecule has 0 rings (SSSR count). The van der Waals surface area contributed by atoms with Gasteiger partial charge in [-0.05, 0) is 57.8 Å². The molecule has 0 bridgehead atoms. The quantitative estimate of drug-likeness (QED) is 0.0243. The molecule has 0 aliphatic heterocycles. The number of quaternary nitrogens is 1. The molecule has 0 spiro atoms. The lowest BCUT2D eigenvalue weighted by atomic mass is 10.0. The fraction of sp³-hybridized carbons (Fsp3) is 0.903. The van der Waals surface area contributed by atoms with Gasteiger partial charge in [-0.3, -0.25) is 13.8 Å². The lowest BCUT2D eigenvalue weighted by Crippen LogP contribution is -2.45. The molecule has 3 N–H and O–H groups in total. The van der Waals surface area contributed by atoms with Gasteiger partial charge in [-0.25, -0.2) is 4.57 Å². The van der Waals surface area contributed by atoms with E-state index >= 15 is 0 Å². The van der Waals surface area contributed by atoms with Gasteiger partial charge >= 0.3 is 7.82 Å². The summed E-state index contributed by atoms with van der Waals surface area (Å²) in [6.45, 7) is 4.85. The van der Waals surface area contributed by atoms with Crippen LogP contribution in [-0.2, 0) is 18.4 Å². The summed E-state index contributed by atoms with van der Waals surface area (Å²) in [6, 6.07) is -0.863. The summed E-state index contributed by atoms with van der Waals surface area (Å²) in [5.74, 6) is -0.180. The van der Waals surface area contributed by atoms with E-state index in [1.807, 2.05) is 27.2 Å². The first-order valence-electron chi connectivity index (χ1n) is 35.9. The average molecular weight is 1160 g/mol. The van der Waals surface area contributed by atoms with E-state index in [0.717, 1.165) is 38.5 Å². The second-order valence-electron chi connectivity index (χ2n) is 26.0. The highest BCUT2D eigenvalue weighted by Crippen LogP contribution is 2.43.